The Morgan fingerprint density at radius 3 is 0.933 bits per heavy atom. The monoisotopic (exact) mass is 1710 g/mol. The van der Waals surface area contributed by atoms with Crippen LogP contribution in [0, 0.1) is 29.1 Å². The highest BCUT2D eigenvalue weighted by atomic mass is 32.2. The van der Waals surface area contributed by atoms with Crippen molar-refractivity contribution in [2.45, 2.75) is 117 Å². The lowest BCUT2D eigenvalue weighted by Gasteiger charge is -2.25. The maximum Gasteiger partial charge on any atom is 0.211 e. The molecule has 12 heterocycles. The fourth-order valence-corrected chi connectivity index (χ4v) is 18.6. The van der Waals surface area contributed by atoms with Gasteiger partial charge in [-0.25, -0.2) is 46.9 Å². The molecular formula is C85H97F5N24S5. The highest BCUT2D eigenvalue weighted by Gasteiger charge is 2.22. The Hall–Kier alpha value is -9.39. The van der Waals surface area contributed by atoms with Gasteiger partial charge in [0.2, 0.25) is 25.8 Å². The number of aromatic nitrogens is 20. The van der Waals surface area contributed by atoms with Gasteiger partial charge in [-0.05, 0) is 229 Å². The number of thioether (sulfide) groups is 5. The van der Waals surface area contributed by atoms with E-state index in [0.29, 0.717) is 53.4 Å². The molecule has 119 heavy (non-hydrogen) atoms. The van der Waals surface area contributed by atoms with Crippen LogP contribution in [0.25, 0.3) is 110 Å². The predicted octanol–water partition coefficient (Wildman–Crippen LogP) is 17.2. The van der Waals surface area contributed by atoms with Gasteiger partial charge in [-0.3, -0.25) is 0 Å². The number of aryl methyl sites for hydroxylation is 6. The molecule has 2 aliphatic heterocycles. The number of nitrogens with zero attached hydrogens (tertiary/aromatic N) is 24. The van der Waals surface area contributed by atoms with Crippen LogP contribution in [0.15, 0.2) is 147 Å². The van der Waals surface area contributed by atoms with Crippen LogP contribution in [-0.4, -0.2) is 228 Å². The molecule has 0 unspecified atom stereocenters. The van der Waals surface area contributed by atoms with E-state index >= 15 is 0 Å². The Kier molecular flexibility index (Phi) is 29.5. The largest absolute Gasteiger partial charge is 0.327 e. The van der Waals surface area contributed by atoms with Crippen molar-refractivity contribution >= 4 is 169 Å². The summed E-state index contributed by atoms with van der Waals surface area (Å²) in [4.78, 5) is 32.5. The molecule has 10 aromatic heterocycles. The molecule has 622 valence electrons. The molecule has 0 atom stereocenters. The zero-order valence-electron chi connectivity index (χ0n) is 68.4. The quantitative estimate of drug-likeness (QED) is 0.0294. The number of benzene rings is 6. The summed E-state index contributed by atoms with van der Waals surface area (Å²) in [6.07, 6.45) is 12.2. The minimum absolute atomic E-state index is 0.260. The van der Waals surface area contributed by atoms with E-state index in [9.17, 15) is 22.0 Å². The van der Waals surface area contributed by atoms with Crippen LogP contribution in [0.2, 0.25) is 0 Å². The second kappa shape index (κ2) is 40.8. The molecule has 2 aliphatic rings. The standard InChI is InChI=1S/C19H17FN4S.C18H22FN5S.C17H20FN5S.C16H20FN5S.C15H18FN5S/c1-24-16-10-9-14(20)12-15(16)17-18(24)21-19(23-22-17)25-11-5-8-13-6-3-2-4-7-13;1-2-24-15-7-6-13(19)12-14(15)16-17(24)20-18(22-21-16)25-11-10-23-8-4-3-5-9-23;1-22-14-6-5-12(18)11-13(14)15-16(22)19-17(21-20-15)24-10-9-23-7-3-2-4-8-23;1-4-22-13-7-6-11(17)10-12(13)14-15(22)18-16(20-19-14)23-9-5-8-21(2)3;1-20(2)7-4-8-22-15-17-14-13(18-19-15)11-9-10(16)5-6-12(11)21(14)3/h2-4,6-7,9-10,12H,5,8,11H2,1H3;6-7,12H,2-5,8-11H2,1H3;5-6,11H,2-4,7-10H2,1H3;6-7,10H,4-5,8-9H2,1-3H3;5-6,9H,4,7-8H2,1-3H3. The Morgan fingerprint density at radius 2 is 0.613 bits per heavy atom. The summed E-state index contributed by atoms with van der Waals surface area (Å²) in [6.45, 7) is 14.6. The summed E-state index contributed by atoms with van der Waals surface area (Å²) >= 11 is 8.10. The first-order chi connectivity index (χ1) is 57.9. The van der Waals surface area contributed by atoms with E-state index in [0.717, 1.165) is 176 Å². The molecule has 6 aromatic carbocycles. The molecule has 34 heteroatoms. The summed E-state index contributed by atoms with van der Waals surface area (Å²) < 4.78 is 77.6. The first kappa shape index (κ1) is 86.0. The van der Waals surface area contributed by atoms with E-state index in [-0.39, 0.29) is 29.1 Å². The van der Waals surface area contributed by atoms with Gasteiger partial charge >= 0.3 is 0 Å². The van der Waals surface area contributed by atoms with Gasteiger partial charge in [0.1, 0.15) is 56.7 Å². The molecule has 0 aliphatic carbocycles. The van der Waals surface area contributed by atoms with Gasteiger partial charge in [-0.15, -0.1) is 51.0 Å². The van der Waals surface area contributed by atoms with Crippen molar-refractivity contribution in [3.8, 4) is 0 Å². The normalized spacial score (nSPS) is 13.5. The molecule has 2 saturated heterocycles. The van der Waals surface area contributed by atoms with Crippen molar-refractivity contribution in [3.05, 3.63) is 156 Å². The molecule has 16 aromatic rings. The van der Waals surface area contributed by atoms with Gasteiger partial charge in [0.05, 0.1) is 27.6 Å². The van der Waals surface area contributed by atoms with Gasteiger partial charge in [-0.1, -0.05) is 102 Å². The molecule has 0 bridgehead atoms. The van der Waals surface area contributed by atoms with Crippen molar-refractivity contribution < 1.29 is 22.0 Å². The third kappa shape index (κ3) is 21.1. The topological polar surface area (TPSA) is 231 Å². The third-order valence-electron chi connectivity index (χ3n) is 20.9. The molecular weight excluding hydrogens is 1610 g/mol. The summed E-state index contributed by atoms with van der Waals surface area (Å²) in [7, 11) is 14.0. The van der Waals surface area contributed by atoms with Crippen molar-refractivity contribution in [1.82, 2.24) is 118 Å². The Balaban J connectivity index is 0.000000122. The number of rotatable bonds is 25. The van der Waals surface area contributed by atoms with E-state index in [1.165, 1.54) is 131 Å². The minimum atomic E-state index is -0.277. The summed E-state index contributed by atoms with van der Waals surface area (Å²) in [6, 6.07) is 34.1. The van der Waals surface area contributed by atoms with Gasteiger partial charge in [0.15, 0.2) is 28.2 Å². The van der Waals surface area contributed by atoms with Crippen LogP contribution in [0.3, 0.4) is 0 Å². The summed E-state index contributed by atoms with van der Waals surface area (Å²) in [5.74, 6) is 3.42. The van der Waals surface area contributed by atoms with Crippen LogP contribution in [0.5, 0.6) is 0 Å². The average Bonchev–Trinajstić information content (AvgIpc) is 1.62. The Morgan fingerprint density at radius 1 is 0.328 bits per heavy atom. The van der Waals surface area contributed by atoms with E-state index in [1.54, 1.807) is 89.1 Å². The lowest BCUT2D eigenvalue weighted by molar-refractivity contribution is 0.242. The molecule has 0 saturated carbocycles. The molecule has 0 spiro atoms. The number of piperidine rings is 2. The number of likely N-dealkylation sites (tertiary alicyclic amines) is 2. The van der Waals surface area contributed by atoms with Gasteiger partial charge in [0.25, 0.3) is 0 Å². The minimum Gasteiger partial charge on any atom is -0.327 e. The first-order valence-electron chi connectivity index (χ1n) is 40.3. The maximum absolute atomic E-state index is 13.6. The number of hydrogen-bond donors (Lipinski definition) is 0. The highest BCUT2D eigenvalue weighted by Crippen LogP contribution is 2.34. The lowest BCUT2D eigenvalue weighted by atomic mass is 10.1. The van der Waals surface area contributed by atoms with Crippen LogP contribution in [0.4, 0.5) is 22.0 Å². The highest BCUT2D eigenvalue weighted by molar-refractivity contribution is 8.00. The molecule has 0 radical (unpaired) electrons. The van der Waals surface area contributed by atoms with Gasteiger partial charge in [0, 0.05) is 103 Å². The zero-order valence-corrected chi connectivity index (χ0v) is 72.5. The summed E-state index contributed by atoms with van der Waals surface area (Å²) in [5.41, 5.74) is 13.1. The van der Waals surface area contributed by atoms with E-state index in [1.807, 2.05) is 47.8 Å². The number of fused-ring (bicyclic) bond motifs is 15. The maximum atomic E-state index is 13.6. The summed E-state index contributed by atoms with van der Waals surface area (Å²) in [5, 5.41) is 49.8. The van der Waals surface area contributed by atoms with Crippen molar-refractivity contribution in [3.63, 3.8) is 0 Å². The zero-order chi connectivity index (χ0) is 83.1. The fraction of sp³-hybridized carbons (Fsp3) is 0.400. The van der Waals surface area contributed by atoms with Crippen LogP contribution >= 0.6 is 58.8 Å². The third-order valence-corrected chi connectivity index (χ3v) is 25.3. The average molecular weight is 1710 g/mol. The first-order valence-corrected chi connectivity index (χ1v) is 45.2. The van der Waals surface area contributed by atoms with E-state index < -0.39 is 0 Å². The van der Waals surface area contributed by atoms with Gasteiger partial charge in [-0.2, -0.15) is 0 Å². The van der Waals surface area contributed by atoms with Crippen LogP contribution in [0.1, 0.15) is 77.2 Å². The Labute approximate surface area is 708 Å². The smallest absolute Gasteiger partial charge is 0.211 e. The molecule has 18 rings (SSSR count). The van der Waals surface area contributed by atoms with Crippen molar-refractivity contribution in [2.75, 3.05) is 109 Å². The lowest BCUT2D eigenvalue weighted by Crippen LogP contribution is -2.31. The Bertz CT molecular complexity index is 6150. The molecule has 24 nitrogen and oxygen atoms in total. The SMILES string of the molecule is CCn1c2ccc(F)cc2c2nnc(SCCCN(C)C)nc21.CCn1c2ccc(F)cc2c2nnc(SCCN3CCCCC3)nc21.CN(C)CCCSc1nnc2c3cc(F)ccc3n(C)c2n1.Cn1c2ccc(F)cc2c2nnc(SCCCc3ccccc3)nc21.Cn1c2ccc(F)cc2c2nnc(SCCN3CCCCC3)nc21. The van der Waals surface area contributed by atoms with Crippen molar-refractivity contribution in [2.24, 2.45) is 21.1 Å². The van der Waals surface area contributed by atoms with E-state index in [2.05, 4.69) is 159 Å². The predicted molar refractivity (Wildman–Crippen MR) is 474 cm³/mol. The van der Waals surface area contributed by atoms with E-state index in [4.69, 9.17) is 4.98 Å². The molecule has 2 fully saturated rings. The second-order valence-corrected chi connectivity index (χ2v) is 35.1. The number of hydrogen-bond acceptors (Lipinski definition) is 24. The molecule has 0 amide bonds. The second-order valence-electron chi connectivity index (χ2n) is 29.8. The number of halogens is 5. The van der Waals surface area contributed by atoms with Crippen molar-refractivity contribution in [1.29, 1.82) is 0 Å². The van der Waals surface area contributed by atoms with Crippen LogP contribution < -0.4 is 0 Å². The van der Waals surface area contributed by atoms with Crippen LogP contribution in [-0.2, 0) is 40.7 Å². The van der Waals surface area contributed by atoms with Gasteiger partial charge < -0.3 is 42.4 Å². The fourth-order valence-electron chi connectivity index (χ4n) is 14.9. The molecule has 0 N–H and O–H groups in total.